The maximum atomic E-state index is 13.1. The van der Waals surface area contributed by atoms with Crippen LogP contribution in [-0.2, 0) is 9.53 Å². The molecular weight excluding hydrogens is 398 g/mol. The van der Waals surface area contributed by atoms with Gasteiger partial charge >= 0.3 is 5.97 Å². The molecule has 0 spiro atoms. The minimum Gasteiger partial charge on any atom is -0.465 e. The molecule has 0 saturated heterocycles. The topological polar surface area (TPSA) is 79.5 Å². The zero-order valence-electron chi connectivity index (χ0n) is 15.2. The van der Waals surface area contributed by atoms with Crippen molar-refractivity contribution in [2.75, 3.05) is 12.4 Å². The Hall–Kier alpha value is -2.90. The molecule has 0 aromatic heterocycles. The van der Waals surface area contributed by atoms with E-state index in [9.17, 15) is 9.59 Å². The molecule has 8 heteroatoms. The number of thiocarbonyl (C=S) groups is 1. The largest absolute Gasteiger partial charge is 0.465 e. The molecule has 0 aliphatic carbocycles. The fourth-order valence-corrected chi connectivity index (χ4v) is 3.37. The standard InChI is InChI=1S/C20H18ClN3O3S/c1-11-16(17(24-20(28)22-11)12-7-9-13(21)10-8-12)18(25)23-15-6-4-3-5-14(15)19(26)27-2/h3-10,17H,1-2H3,(H,23,25)(H2,22,24,28)/t17-/m1/s1. The number of rotatable bonds is 4. The maximum Gasteiger partial charge on any atom is 0.339 e. The van der Waals surface area contributed by atoms with E-state index in [4.69, 9.17) is 28.6 Å². The van der Waals surface area contributed by atoms with Gasteiger partial charge in [-0.25, -0.2) is 4.79 Å². The molecule has 2 aromatic carbocycles. The summed E-state index contributed by atoms with van der Waals surface area (Å²) in [5.74, 6) is -0.895. The van der Waals surface area contributed by atoms with E-state index >= 15 is 0 Å². The Morgan fingerprint density at radius 3 is 2.50 bits per heavy atom. The van der Waals surface area contributed by atoms with E-state index < -0.39 is 12.0 Å². The third-order valence-electron chi connectivity index (χ3n) is 4.30. The Bertz CT molecular complexity index is 973. The number of nitrogens with one attached hydrogen (secondary N) is 3. The lowest BCUT2D eigenvalue weighted by atomic mass is 9.95. The van der Waals surface area contributed by atoms with Crippen molar-refractivity contribution in [1.82, 2.24) is 10.6 Å². The van der Waals surface area contributed by atoms with Crippen molar-refractivity contribution < 1.29 is 14.3 Å². The Morgan fingerprint density at radius 1 is 1.14 bits per heavy atom. The summed E-state index contributed by atoms with van der Waals surface area (Å²) in [5, 5.41) is 9.91. The average molecular weight is 416 g/mol. The summed E-state index contributed by atoms with van der Waals surface area (Å²) < 4.78 is 4.78. The summed E-state index contributed by atoms with van der Waals surface area (Å²) in [5.41, 5.74) is 2.54. The molecule has 1 heterocycles. The van der Waals surface area contributed by atoms with Crippen LogP contribution < -0.4 is 16.0 Å². The third kappa shape index (κ3) is 4.16. The molecule has 6 nitrogen and oxygen atoms in total. The number of anilines is 1. The van der Waals surface area contributed by atoms with E-state index in [1.54, 1.807) is 43.3 Å². The molecule has 0 bridgehead atoms. The predicted octanol–water partition coefficient (Wildman–Crippen LogP) is 3.56. The summed E-state index contributed by atoms with van der Waals surface area (Å²) in [6.07, 6.45) is 0. The van der Waals surface area contributed by atoms with Gasteiger partial charge in [-0.1, -0.05) is 35.9 Å². The van der Waals surface area contributed by atoms with Crippen molar-refractivity contribution >= 4 is 46.5 Å². The summed E-state index contributed by atoms with van der Waals surface area (Å²) in [4.78, 5) is 25.1. The molecule has 1 aliphatic heterocycles. The molecule has 0 unspecified atom stereocenters. The zero-order valence-corrected chi connectivity index (χ0v) is 16.8. The molecule has 0 fully saturated rings. The van der Waals surface area contributed by atoms with E-state index in [-0.39, 0.29) is 11.5 Å². The number of carbonyl (C=O) groups excluding carboxylic acids is 2. The lowest BCUT2D eigenvalue weighted by Crippen LogP contribution is -2.45. The molecule has 3 N–H and O–H groups in total. The molecule has 2 aromatic rings. The van der Waals surface area contributed by atoms with Crippen LogP contribution in [-0.4, -0.2) is 24.1 Å². The van der Waals surface area contributed by atoms with Gasteiger partial charge in [0.2, 0.25) is 0 Å². The lowest BCUT2D eigenvalue weighted by Gasteiger charge is -2.30. The van der Waals surface area contributed by atoms with Crippen molar-refractivity contribution in [1.29, 1.82) is 0 Å². The number of hydrogen-bond donors (Lipinski definition) is 3. The third-order valence-corrected chi connectivity index (χ3v) is 4.77. The zero-order chi connectivity index (χ0) is 20.3. The first-order chi connectivity index (χ1) is 13.4. The molecular formula is C20H18ClN3O3S. The number of hydrogen-bond acceptors (Lipinski definition) is 4. The van der Waals surface area contributed by atoms with Gasteiger partial charge < -0.3 is 20.7 Å². The number of methoxy groups -OCH3 is 1. The maximum absolute atomic E-state index is 13.1. The fraction of sp³-hybridized carbons (Fsp3) is 0.150. The summed E-state index contributed by atoms with van der Waals surface area (Å²) in [6.45, 7) is 1.77. The summed E-state index contributed by atoms with van der Waals surface area (Å²) >= 11 is 11.2. The van der Waals surface area contributed by atoms with Gasteiger partial charge in [-0.3, -0.25) is 4.79 Å². The van der Waals surface area contributed by atoms with Crippen LogP contribution >= 0.6 is 23.8 Å². The number of allylic oxidation sites excluding steroid dienone is 1. The van der Waals surface area contributed by atoms with E-state index in [1.165, 1.54) is 7.11 Å². The van der Waals surface area contributed by atoms with Crippen LogP contribution in [0.2, 0.25) is 5.02 Å². The van der Waals surface area contributed by atoms with Crippen molar-refractivity contribution in [3.8, 4) is 0 Å². The molecule has 1 amide bonds. The minimum atomic E-state index is -0.531. The minimum absolute atomic E-state index is 0.270. The summed E-state index contributed by atoms with van der Waals surface area (Å²) in [6, 6.07) is 13.4. The number of carbonyl (C=O) groups is 2. The molecule has 3 rings (SSSR count). The van der Waals surface area contributed by atoms with Crippen LogP contribution in [0.1, 0.15) is 28.9 Å². The first-order valence-corrected chi connectivity index (χ1v) is 9.21. The lowest BCUT2D eigenvalue weighted by molar-refractivity contribution is -0.113. The van der Waals surface area contributed by atoms with Crippen molar-refractivity contribution in [2.24, 2.45) is 0 Å². The molecule has 1 aliphatic rings. The van der Waals surface area contributed by atoms with Gasteiger partial charge in [0.25, 0.3) is 5.91 Å². The van der Waals surface area contributed by atoms with Crippen molar-refractivity contribution in [3.63, 3.8) is 0 Å². The number of benzene rings is 2. The normalized spacial score (nSPS) is 16.1. The van der Waals surface area contributed by atoms with Crippen LogP contribution in [0, 0.1) is 0 Å². The Balaban J connectivity index is 1.96. The molecule has 1 atom stereocenters. The second-order valence-electron chi connectivity index (χ2n) is 6.11. The SMILES string of the molecule is COC(=O)c1ccccc1NC(=O)C1=C(C)NC(=S)N[C@@H]1c1ccc(Cl)cc1. The molecule has 144 valence electrons. The number of amides is 1. The number of para-hydroxylation sites is 1. The number of esters is 1. The van der Waals surface area contributed by atoms with Crippen LogP contribution in [0.3, 0.4) is 0 Å². The van der Waals surface area contributed by atoms with E-state index in [1.807, 2.05) is 12.1 Å². The van der Waals surface area contributed by atoms with E-state index in [0.29, 0.717) is 27.1 Å². The molecule has 0 radical (unpaired) electrons. The molecule has 28 heavy (non-hydrogen) atoms. The number of halogens is 1. The van der Waals surface area contributed by atoms with Crippen LogP contribution in [0.15, 0.2) is 59.8 Å². The van der Waals surface area contributed by atoms with Gasteiger partial charge in [0.05, 0.1) is 30.0 Å². The first-order valence-electron chi connectivity index (χ1n) is 8.43. The smallest absolute Gasteiger partial charge is 0.339 e. The monoisotopic (exact) mass is 415 g/mol. The van der Waals surface area contributed by atoms with Gasteiger partial charge in [-0.05, 0) is 49.0 Å². The number of ether oxygens (including phenoxy) is 1. The van der Waals surface area contributed by atoms with Crippen LogP contribution in [0.5, 0.6) is 0 Å². The highest BCUT2D eigenvalue weighted by atomic mass is 35.5. The Kier molecular flexibility index (Phi) is 5.96. The predicted molar refractivity (Wildman–Crippen MR) is 112 cm³/mol. The van der Waals surface area contributed by atoms with E-state index in [2.05, 4.69) is 16.0 Å². The van der Waals surface area contributed by atoms with Gasteiger partial charge in [-0.15, -0.1) is 0 Å². The average Bonchev–Trinajstić information content (AvgIpc) is 2.67. The highest BCUT2D eigenvalue weighted by Crippen LogP contribution is 2.29. The first kappa shape index (κ1) is 19.9. The summed E-state index contributed by atoms with van der Waals surface area (Å²) in [7, 11) is 1.29. The van der Waals surface area contributed by atoms with Crippen molar-refractivity contribution in [3.05, 3.63) is 76.0 Å². The fourth-order valence-electron chi connectivity index (χ4n) is 2.97. The van der Waals surface area contributed by atoms with Crippen LogP contribution in [0.4, 0.5) is 5.69 Å². The quantitative estimate of drug-likeness (QED) is 0.523. The highest BCUT2D eigenvalue weighted by molar-refractivity contribution is 7.80. The highest BCUT2D eigenvalue weighted by Gasteiger charge is 2.30. The van der Waals surface area contributed by atoms with E-state index in [0.717, 1.165) is 5.56 Å². The Morgan fingerprint density at radius 2 is 1.82 bits per heavy atom. The Labute approximate surface area is 172 Å². The van der Waals surface area contributed by atoms with Gasteiger partial charge in [0.1, 0.15) is 0 Å². The van der Waals surface area contributed by atoms with Crippen molar-refractivity contribution in [2.45, 2.75) is 13.0 Å². The van der Waals surface area contributed by atoms with Crippen LogP contribution in [0.25, 0.3) is 0 Å². The molecule has 0 saturated carbocycles. The van der Waals surface area contributed by atoms with Gasteiger partial charge in [0, 0.05) is 10.7 Å². The van der Waals surface area contributed by atoms with Gasteiger partial charge in [0.15, 0.2) is 5.11 Å². The van der Waals surface area contributed by atoms with Gasteiger partial charge in [-0.2, -0.15) is 0 Å². The second kappa shape index (κ2) is 8.41. The second-order valence-corrected chi connectivity index (χ2v) is 6.96.